The fraction of sp³-hybridized carbons (Fsp3) is 0.0185. The van der Waals surface area contributed by atoms with Crippen molar-refractivity contribution in [2.45, 2.75) is 5.41 Å². The molecule has 0 N–H and O–H groups in total. The number of pyridine rings is 1. The van der Waals surface area contributed by atoms with Gasteiger partial charge in [0.2, 0.25) is 0 Å². The van der Waals surface area contributed by atoms with Gasteiger partial charge in [0.25, 0.3) is 0 Å². The van der Waals surface area contributed by atoms with E-state index in [2.05, 4.69) is 188 Å². The minimum absolute atomic E-state index is 0.379. The van der Waals surface area contributed by atoms with Gasteiger partial charge in [-0.2, -0.15) is 0 Å². The Morgan fingerprint density at radius 1 is 0.321 bits per heavy atom. The van der Waals surface area contributed by atoms with E-state index in [0.717, 1.165) is 55.6 Å². The second-order valence-electron chi connectivity index (χ2n) is 15.0. The summed E-state index contributed by atoms with van der Waals surface area (Å²) >= 11 is 0. The standard InChI is InChI=1S/C54H33NO/c1-2-13-34(14-3-1)35-25-27-36(28-26-35)50-32-38(39-19-12-20-44-43-18-7-11-24-52(43)56-53(39)44)33-51(55-50)37-29-30-49-45(31-37)42-17-6-10-23-48(42)54(49)46-21-8-4-15-40(46)41-16-5-9-22-47(41)54/h1-33H. The minimum atomic E-state index is -0.379. The van der Waals surface area contributed by atoms with Gasteiger partial charge in [-0.25, -0.2) is 4.98 Å². The van der Waals surface area contributed by atoms with Crippen LogP contribution in [0.4, 0.5) is 0 Å². The summed E-state index contributed by atoms with van der Waals surface area (Å²) in [5.74, 6) is 0. The molecule has 0 saturated heterocycles. The third-order valence-corrected chi connectivity index (χ3v) is 12.1. The Labute approximate surface area is 325 Å². The molecule has 0 atom stereocenters. The number of benzene rings is 8. The maximum absolute atomic E-state index is 6.58. The van der Waals surface area contributed by atoms with E-state index >= 15 is 0 Å². The predicted molar refractivity (Wildman–Crippen MR) is 230 cm³/mol. The Hall–Kier alpha value is -7.29. The molecule has 10 aromatic rings. The van der Waals surface area contributed by atoms with Gasteiger partial charge in [0.05, 0.1) is 16.8 Å². The van der Waals surface area contributed by atoms with Gasteiger partial charge >= 0.3 is 0 Å². The molecule has 0 saturated carbocycles. The second kappa shape index (κ2) is 11.9. The first kappa shape index (κ1) is 31.1. The summed E-state index contributed by atoms with van der Waals surface area (Å²) in [4.78, 5) is 5.44. The lowest BCUT2D eigenvalue weighted by Gasteiger charge is -2.30. The Kier molecular flexibility index (Phi) is 6.58. The number of nitrogens with zero attached hydrogens (tertiary/aromatic N) is 1. The van der Waals surface area contributed by atoms with E-state index in [9.17, 15) is 0 Å². The average molecular weight is 712 g/mol. The zero-order valence-electron chi connectivity index (χ0n) is 30.4. The summed E-state index contributed by atoms with van der Waals surface area (Å²) in [5, 5.41) is 2.23. The van der Waals surface area contributed by atoms with E-state index in [1.807, 2.05) is 12.1 Å². The van der Waals surface area contributed by atoms with Crippen LogP contribution in [0.15, 0.2) is 205 Å². The van der Waals surface area contributed by atoms with Crippen LogP contribution >= 0.6 is 0 Å². The highest BCUT2D eigenvalue weighted by molar-refractivity contribution is 6.10. The van der Waals surface area contributed by atoms with Gasteiger partial charge in [-0.15, -0.1) is 0 Å². The van der Waals surface area contributed by atoms with Gasteiger partial charge in [-0.1, -0.05) is 176 Å². The molecule has 2 aromatic heterocycles. The van der Waals surface area contributed by atoms with Gasteiger partial charge in [0.1, 0.15) is 11.2 Å². The molecule has 0 fully saturated rings. The molecule has 2 aliphatic rings. The SMILES string of the molecule is c1ccc(-c2ccc(-c3cc(-c4cccc5c4oc4ccccc45)cc(-c4ccc5c(c4)-c4ccccc4C54c5ccccc5-c5ccccc54)n3)cc2)cc1. The summed E-state index contributed by atoms with van der Waals surface area (Å²) in [7, 11) is 0. The van der Waals surface area contributed by atoms with E-state index in [1.165, 1.54) is 55.6 Å². The van der Waals surface area contributed by atoms with Gasteiger partial charge in [-0.05, 0) is 85.5 Å². The van der Waals surface area contributed by atoms with Crippen LogP contribution in [0.3, 0.4) is 0 Å². The highest BCUT2D eigenvalue weighted by Gasteiger charge is 2.51. The van der Waals surface area contributed by atoms with Gasteiger partial charge in [0, 0.05) is 27.5 Å². The van der Waals surface area contributed by atoms with Crippen molar-refractivity contribution in [3.8, 4) is 67.0 Å². The first-order valence-electron chi connectivity index (χ1n) is 19.3. The molecule has 12 rings (SSSR count). The minimum Gasteiger partial charge on any atom is -0.455 e. The van der Waals surface area contributed by atoms with Crippen LogP contribution in [-0.4, -0.2) is 4.98 Å². The Balaban J connectivity index is 1.07. The van der Waals surface area contributed by atoms with Crippen LogP contribution in [-0.2, 0) is 5.41 Å². The van der Waals surface area contributed by atoms with Crippen LogP contribution in [0.1, 0.15) is 22.3 Å². The predicted octanol–water partition coefficient (Wildman–Crippen LogP) is 14.0. The maximum atomic E-state index is 6.58. The highest BCUT2D eigenvalue weighted by atomic mass is 16.3. The lowest BCUT2D eigenvalue weighted by atomic mass is 9.70. The number of hydrogen-bond acceptors (Lipinski definition) is 2. The van der Waals surface area contributed by atoms with E-state index < -0.39 is 0 Å². The first-order chi connectivity index (χ1) is 27.8. The molecule has 2 heteroatoms. The molecular weight excluding hydrogens is 679 g/mol. The molecule has 0 aliphatic heterocycles. The smallest absolute Gasteiger partial charge is 0.143 e. The van der Waals surface area contributed by atoms with Crippen molar-refractivity contribution >= 4 is 21.9 Å². The summed E-state index contributed by atoms with van der Waals surface area (Å²) in [6.07, 6.45) is 0. The number of rotatable bonds is 4. The van der Waals surface area contributed by atoms with Crippen molar-refractivity contribution < 1.29 is 4.42 Å². The molecule has 0 unspecified atom stereocenters. The molecule has 0 amide bonds. The first-order valence-corrected chi connectivity index (χ1v) is 19.3. The molecule has 1 spiro atoms. The maximum Gasteiger partial charge on any atom is 0.143 e. The van der Waals surface area contributed by atoms with Crippen LogP contribution in [0.25, 0.3) is 89.0 Å². The average Bonchev–Trinajstić information content (AvgIpc) is 3.91. The Bertz CT molecular complexity index is 3140. The van der Waals surface area contributed by atoms with E-state index in [4.69, 9.17) is 9.40 Å². The molecular formula is C54H33NO. The highest BCUT2D eigenvalue weighted by Crippen LogP contribution is 2.63. The van der Waals surface area contributed by atoms with Crippen molar-refractivity contribution in [2.75, 3.05) is 0 Å². The molecule has 2 heterocycles. The van der Waals surface area contributed by atoms with E-state index in [0.29, 0.717) is 0 Å². The third kappa shape index (κ3) is 4.35. The van der Waals surface area contributed by atoms with Crippen LogP contribution in [0, 0.1) is 0 Å². The normalized spacial score (nSPS) is 13.1. The van der Waals surface area contributed by atoms with Crippen LogP contribution in [0.5, 0.6) is 0 Å². The van der Waals surface area contributed by atoms with Gasteiger partial charge < -0.3 is 4.42 Å². The van der Waals surface area contributed by atoms with Crippen LogP contribution in [0.2, 0.25) is 0 Å². The largest absolute Gasteiger partial charge is 0.455 e. The van der Waals surface area contributed by atoms with Crippen molar-refractivity contribution in [1.82, 2.24) is 4.98 Å². The molecule has 56 heavy (non-hydrogen) atoms. The zero-order valence-corrected chi connectivity index (χ0v) is 30.4. The molecule has 2 nitrogen and oxygen atoms in total. The number of furan rings is 1. The molecule has 0 bridgehead atoms. The monoisotopic (exact) mass is 711 g/mol. The molecule has 2 aliphatic carbocycles. The number of fused-ring (bicyclic) bond motifs is 13. The van der Waals surface area contributed by atoms with Crippen molar-refractivity contribution in [3.63, 3.8) is 0 Å². The summed E-state index contributed by atoms with van der Waals surface area (Å²) in [5.41, 5.74) is 20.4. The molecule has 0 radical (unpaired) electrons. The van der Waals surface area contributed by atoms with Crippen LogP contribution < -0.4 is 0 Å². The summed E-state index contributed by atoms with van der Waals surface area (Å²) in [6, 6.07) is 72.4. The Morgan fingerprint density at radius 3 is 1.54 bits per heavy atom. The van der Waals surface area contributed by atoms with Gasteiger partial charge in [-0.3, -0.25) is 0 Å². The topological polar surface area (TPSA) is 26.0 Å². The quantitative estimate of drug-likeness (QED) is 0.182. The Morgan fingerprint density at radius 2 is 0.821 bits per heavy atom. The van der Waals surface area contributed by atoms with Crippen molar-refractivity contribution in [3.05, 3.63) is 222 Å². The lowest BCUT2D eigenvalue weighted by Crippen LogP contribution is -2.25. The molecule has 260 valence electrons. The number of hydrogen-bond donors (Lipinski definition) is 0. The fourth-order valence-corrected chi connectivity index (χ4v) is 9.68. The van der Waals surface area contributed by atoms with E-state index in [-0.39, 0.29) is 5.41 Å². The fourth-order valence-electron chi connectivity index (χ4n) is 9.68. The zero-order chi connectivity index (χ0) is 36.8. The van der Waals surface area contributed by atoms with E-state index in [1.54, 1.807) is 0 Å². The third-order valence-electron chi connectivity index (χ3n) is 12.1. The van der Waals surface area contributed by atoms with Crippen molar-refractivity contribution in [2.24, 2.45) is 0 Å². The lowest BCUT2D eigenvalue weighted by molar-refractivity contribution is 0.670. The summed E-state index contributed by atoms with van der Waals surface area (Å²) in [6.45, 7) is 0. The molecule has 8 aromatic carbocycles. The summed E-state index contributed by atoms with van der Waals surface area (Å²) < 4.78 is 6.58. The number of aromatic nitrogens is 1. The number of para-hydroxylation sites is 2. The van der Waals surface area contributed by atoms with Gasteiger partial charge in [0.15, 0.2) is 0 Å². The second-order valence-corrected chi connectivity index (χ2v) is 15.0. The van der Waals surface area contributed by atoms with Crippen molar-refractivity contribution in [1.29, 1.82) is 0 Å².